The summed E-state index contributed by atoms with van der Waals surface area (Å²) in [5.74, 6) is -0.0361. The molecule has 0 aliphatic carbocycles. The summed E-state index contributed by atoms with van der Waals surface area (Å²) >= 11 is 7.94. The summed E-state index contributed by atoms with van der Waals surface area (Å²) in [5.41, 5.74) is 1.04. The number of carbonyl (C=O) groups excluding carboxylic acids is 1. The zero-order valence-electron chi connectivity index (χ0n) is 11.2. The molecular weight excluding hydrogens is 292 g/mol. The lowest BCUT2D eigenvalue weighted by molar-refractivity contribution is -0.134. The van der Waals surface area contributed by atoms with Crippen LogP contribution in [0.4, 0.5) is 0 Å². The topological polar surface area (TPSA) is 33.2 Å². The summed E-state index contributed by atoms with van der Waals surface area (Å²) in [6.07, 6.45) is 9.02. The van der Waals surface area contributed by atoms with Gasteiger partial charge < -0.3 is 4.90 Å². The van der Waals surface area contributed by atoms with E-state index in [1.807, 2.05) is 29.3 Å². The Kier molecular flexibility index (Phi) is 4.32. The maximum atomic E-state index is 12.6. The van der Waals surface area contributed by atoms with Crippen LogP contribution in [0.1, 0.15) is 24.8 Å². The third-order valence-corrected chi connectivity index (χ3v) is 5.43. The molecule has 2 aliphatic heterocycles. The van der Waals surface area contributed by atoms with Crippen molar-refractivity contribution in [3.05, 3.63) is 36.2 Å². The first kappa shape index (κ1) is 14.0. The largest absolute Gasteiger partial charge is 0.342 e. The van der Waals surface area contributed by atoms with Crippen LogP contribution in [0.25, 0.3) is 4.91 Å². The van der Waals surface area contributed by atoms with Crippen molar-refractivity contribution >= 4 is 34.2 Å². The van der Waals surface area contributed by atoms with E-state index in [0.29, 0.717) is 0 Å². The van der Waals surface area contributed by atoms with E-state index in [-0.39, 0.29) is 16.5 Å². The van der Waals surface area contributed by atoms with Gasteiger partial charge in [-0.3, -0.25) is 9.78 Å². The predicted octanol–water partition coefficient (Wildman–Crippen LogP) is 3.36. The molecule has 1 aromatic rings. The van der Waals surface area contributed by atoms with Gasteiger partial charge in [0.25, 0.3) is 0 Å². The Morgan fingerprint density at radius 1 is 1.35 bits per heavy atom. The molecule has 20 heavy (non-hydrogen) atoms. The molecule has 3 rings (SSSR count). The van der Waals surface area contributed by atoms with Gasteiger partial charge in [-0.25, -0.2) is 0 Å². The average molecular weight is 309 g/mol. The van der Waals surface area contributed by atoms with Crippen LogP contribution in [0.2, 0.25) is 0 Å². The normalized spacial score (nSPS) is 26.4. The van der Waals surface area contributed by atoms with E-state index in [1.54, 1.807) is 18.0 Å². The number of alkyl halides is 1. The van der Waals surface area contributed by atoms with E-state index >= 15 is 0 Å². The van der Waals surface area contributed by atoms with Gasteiger partial charge in [0.1, 0.15) is 0 Å². The number of hydrogen-bond donors (Lipinski definition) is 0. The Hall–Kier alpha value is -1.000. The standard InChI is InChI=1S/C15H17ClN2OS/c16-14-12(15(19)18-7-2-1-3-8-18)9-13(20-14)11-5-4-6-17-10-11/h4-6,9-10,12,14H,1-3,7-8H2. The molecule has 0 spiro atoms. The first-order valence-corrected chi connectivity index (χ1v) is 8.29. The van der Waals surface area contributed by atoms with Crippen LogP contribution in [0.3, 0.4) is 0 Å². The van der Waals surface area contributed by atoms with Gasteiger partial charge in [0, 0.05) is 36.0 Å². The number of aromatic nitrogens is 1. The van der Waals surface area contributed by atoms with Crippen LogP contribution in [-0.2, 0) is 4.79 Å². The molecule has 1 saturated heterocycles. The molecular formula is C15H17ClN2OS. The van der Waals surface area contributed by atoms with Crippen LogP contribution in [0, 0.1) is 5.92 Å². The second kappa shape index (κ2) is 6.19. The zero-order valence-corrected chi connectivity index (χ0v) is 12.7. The maximum Gasteiger partial charge on any atom is 0.231 e. The number of likely N-dealkylation sites (tertiary alicyclic amines) is 1. The first-order chi connectivity index (χ1) is 9.75. The molecule has 2 aliphatic rings. The van der Waals surface area contributed by atoms with Crippen LogP contribution < -0.4 is 0 Å². The van der Waals surface area contributed by atoms with Crippen molar-refractivity contribution in [2.45, 2.75) is 24.0 Å². The fourth-order valence-corrected chi connectivity index (χ4v) is 4.19. The molecule has 3 nitrogen and oxygen atoms in total. The molecule has 2 unspecified atom stereocenters. The summed E-state index contributed by atoms with van der Waals surface area (Å²) < 4.78 is -0.209. The third-order valence-electron chi connectivity index (χ3n) is 3.75. The molecule has 1 fully saturated rings. The highest BCUT2D eigenvalue weighted by Crippen LogP contribution is 2.44. The summed E-state index contributed by atoms with van der Waals surface area (Å²) in [6, 6.07) is 3.91. The van der Waals surface area contributed by atoms with Crippen molar-refractivity contribution in [1.29, 1.82) is 0 Å². The average Bonchev–Trinajstić information content (AvgIpc) is 2.90. The van der Waals surface area contributed by atoms with E-state index < -0.39 is 0 Å². The van der Waals surface area contributed by atoms with Crippen LogP contribution in [0.5, 0.6) is 0 Å². The smallest absolute Gasteiger partial charge is 0.231 e. The minimum atomic E-state index is -0.213. The van der Waals surface area contributed by atoms with Gasteiger partial charge in [0.2, 0.25) is 5.91 Å². The fourth-order valence-electron chi connectivity index (χ4n) is 2.65. The van der Waals surface area contributed by atoms with E-state index in [0.717, 1.165) is 36.4 Å². The molecule has 106 valence electrons. The van der Waals surface area contributed by atoms with Crippen LogP contribution in [-0.4, -0.2) is 33.6 Å². The van der Waals surface area contributed by atoms with Crippen molar-refractivity contribution in [3.8, 4) is 0 Å². The van der Waals surface area contributed by atoms with Gasteiger partial charge in [-0.05, 0) is 25.3 Å². The summed E-state index contributed by atoms with van der Waals surface area (Å²) in [5, 5.41) is 0. The third kappa shape index (κ3) is 2.86. The molecule has 0 bridgehead atoms. The van der Waals surface area contributed by atoms with Gasteiger partial charge in [0.15, 0.2) is 0 Å². The van der Waals surface area contributed by atoms with Crippen molar-refractivity contribution in [2.75, 3.05) is 13.1 Å². The number of carbonyl (C=O) groups is 1. The van der Waals surface area contributed by atoms with Crippen molar-refractivity contribution in [2.24, 2.45) is 5.92 Å². The SMILES string of the molecule is O=C(C1C=C(c2cccnc2)SC1Cl)N1CCCCC1. The predicted molar refractivity (Wildman–Crippen MR) is 83.4 cm³/mol. The molecule has 3 heterocycles. The van der Waals surface area contributed by atoms with Crippen molar-refractivity contribution < 1.29 is 4.79 Å². The van der Waals surface area contributed by atoms with E-state index in [1.165, 1.54) is 6.42 Å². The lowest BCUT2D eigenvalue weighted by atomic mass is 10.1. The Bertz CT molecular complexity index is 514. The number of nitrogens with zero attached hydrogens (tertiary/aromatic N) is 2. The highest BCUT2D eigenvalue weighted by atomic mass is 35.5. The minimum absolute atomic E-state index is 0.177. The quantitative estimate of drug-likeness (QED) is 0.785. The van der Waals surface area contributed by atoms with Gasteiger partial charge in [-0.15, -0.1) is 23.4 Å². The fraction of sp³-hybridized carbons (Fsp3) is 0.467. The molecule has 1 aromatic heterocycles. The van der Waals surface area contributed by atoms with Crippen LogP contribution >= 0.6 is 23.4 Å². The highest BCUT2D eigenvalue weighted by Gasteiger charge is 2.35. The summed E-state index contributed by atoms with van der Waals surface area (Å²) in [4.78, 5) is 19.7. The van der Waals surface area contributed by atoms with Gasteiger partial charge >= 0.3 is 0 Å². The molecule has 2 atom stereocenters. The molecule has 0 radical (unpaired) electrons. The second-order valence-electron chi connectivity index (χ2n) is 5.15. The Morgan fingerprint density at radius 3 is 2.85 bits per heavy atom. The summed E-state index contributed by atoms with van der Waals surface area (Å²) in [6.45, 7) is 1.75. The number of amides is 1. The zero-order chi connectivity index (χ0) is 13.9. The molecule has 5 heteroatoms. The number of halogens is 1. The Balaban J connectivity index is 1.76. The second-order valence-corrected chi connectivity index (χ2v) is 7.07. The first-order valence-electron chi connectivity index (χ1n) is 6.97. The highest BCUT2D eigenvalue weighted by molar-refractivity contribution is 8.10. The molecule has 0 saturated carbocycles. The maximum absolute atomic E-state index is 12.6. The number of thioether (sulfide) groups is 1. The molecule has 0 aromatic carbocycles. The number of rotatable bonds is 2. The van der Waals surface area contributed by atoms with Crippen molar-refractivity contribution in [3.63, 3.8) is 0 Å². The van der Waals surface area contributed by atoms with Gasteiger partial charge in [-0.1, -0.05) is 12.1 Å². The Morgan fingerprint density at radius 2 is 2.15 bits per heavy atom. The molecule has 0 N–H and O–H groups in total. The lowest BCUT2D eigenvalue weighted by Gasteiger charge is -2.29. The summed E-state index contributed by atoms with van der Waals surface area (Å²) in [7, 11) is 0. The number of hydrogen-bond acceptors (Lipinski definition) is 3. The number of pyridine rings is 1. The lowest BCUT2D eigenvalue weighted by Crippen LogP contribution is -2.40. The van der Waals surface area contributed by atoms with Crippen LogP contribution in [0.15, 0.2) is 30.6 Å². The van der Waals surface area contributed by atoms with E-state index in [9.17, 15) is 4.79 Å². The monoisotopic (exact) mass is 308 g/mol. The van der Waals surface area contributed by atoms with Gasteiger partial charge in [0.05, 0.1) is 10.6 Å². The minimum Gasteiger partial charge on any atom is -0.342 e. The van der Waals surface area contributed by atoms with Crippen molar-refractivity contribution in [1.82, 2.24) is 9.88 Å². The Labute approximate surface area is 128 Å². The number of piperidine rings is 1. The molecule has 1 amide bonds. The van der Waals surface area contributed by atoms with Gasteiger partial charge in [-0.2, -0.15) is 0 Å². The van der Waals surface area contributed by atoms with E-state index in [2.05, 4.69) is 4.98 Å². The van der Waals surface area contributed by atoms with E-state index in [4.69, 9.17) is 11.6 Å².